The number of aryl methyl sites for hydroxylation is 1. The third kappa shape index (κ3) is 4.58. The van der Waals surface area contributed by atoms with Crippen LogP contribution in [0.25, 0.3) is 0 Å². The van der Waals surface area contributed by atoms with Gasteiger partial charge in [-0.2, -0.15) is 5.26 Å². The summed E-state index contributed by atoms with van der Waals surface area (Å²) in [4.78, 5) is 24.8. The molecule has 1 aliphatic rings. The lowest BCUT2D eigenvalue weighted by molar-refractivity contribution is -0.137. The van der Waals surface area contributed by atoms with Gasteiger partial charge in [0.15, 0.2) is 0 Å². The lowest BCUT2D eigenvalue weighted by Gasteiger charge is -2.28. The molecular weight excluding hydrogens is 402 g/mol. The number of thioether (sulfide) groups is 1. The van der Waals surface area contributed by atoms with Crippen molar-refractivity contribution in [2.75, 3.05) is 18.2 Å². The maximum absolute atomic E-state index is 13.2. The Kier molecular flexibility index (Phi) is 6.65. The summed E-state index contributed by atoms with van der Waals surface area (Å²) in [6, 6.07) is 14.8. The Balaban J connectivity index is 2.01. The molecule has 154 valence electrons. The van der Waals surface area contributed by atoms with Crippen LogP contribution in [0, 0.1) is 18.3 Å². The van der Waals surface area contributed by atoms with Gasteiger partial charge in [-0.25, -0.2) is 0 Å². The summed E-state index contributed by atoms with van der Waals surface area (Å²) < 4.78 is 10.5. The predicted octanol–water partition coefficient (Wildman–Crippen LogP) is 3.83. The number of nitrogens with zero attached hydrogens (tertiary/aromatic N) is 1. The van der Waals surface area contributed by atoms with Gasteiger partial charge in [0.05, 0.1) is 41.0 Å². The first-order valence-electron chi connectivity index (χ1n) is 9.19. The molecule has 0 radical (unpaired) electrons. The van der Waals surface area contributed by atoms with Gasteiger partial charge in [0.1, 0.15) is 11.5 Å². The lowest BCUT2D eigenvalue weighted by Crippen LogP contribution is -2.30. The van der Waals surface area contributed by atoms with E-state index in [1.165, 1.54) is 7.11 Å². The van der Waals surface area contributed by atoms with Crippen molar-refractivity contribution in [3.05, 3.63) is 75.9 Å². The van der Waals surface area contributed by atoms with Crippen LogP contribution in [0.15, 0.2) is 68.8 Å². The van der Waals surface area contributed by atoms with E-state index in [-0.39, 0.29) is 11.7 Å². The number of nitrogens with one attached hydrogen (secondary N) is 2. The smallest absolute Gasteiger partial charge is 0.316 e. The van der Waals surface area contributed by atoms with E-state index in [1.54, 1.807) is 38.1 Å². The van der Waals surface area contributed by atoms with Gasteiger partial charge in [-0.3, -0.25) is 9.59 Å². The number of dihydropyridines is 1. The average molecular weight is 423 g/mol. The number of methoxy groups -OCH3 is 1. The molecule has 0 aliphatic carbocycles. The van der Waals surface area contributed by atoms with Crippen LogP contribution in [0.5, 0.6) is 0 Å². The van der Waals surface area contributed by atoms with Gasteiger partial charge >= 0.3 is 5.97 Å². The number of allylic oxidation sites excluding steroid dienone is 2. The Morgan fingerprint density at radius 3 is 2.57 bits per heavy atom. The third-order valence-corrected chi connectivity index (χ3v) is 5.52. The van der Waals surface area contributed by atoms with Crippen LogP contribution in [-0.4, -0.2) is 24.7 Å². The molecule has 30 heavy (non-hydrogen) atoms. The van der Waals surface area contributed by atoms with E-state index in [4.69, 9.17) is 4.42 Å². The molecule has 2 heterocycles. The van der Waals surface area contributed by atoms with Gasteiger partial charge in [-0.1, -0.05) is 30.0 Å². The van der Waals surface area contributed by atoms with Gasteiger partial charge in [-0.05, 0) is 38.1 Å². The highest BCUT2D eigenvalue weighted by Crippen LogP contribution is 2.41. The second kappa shape index (κ2) is 9.37. The van der Waals surface area contributed by atoms with E-state index in [0.29, 0.717) is 39.1 Å². The predicted molar refractivity (Wildman–Crippen MR) is 114 cm³/mol. The van der Waals surface area contributed by atoms with Gasteiger partial charge in [0.25, 0.3) is 5.91 Å². The third-order valence-electron chi connectivity index (χ3n) is 4.53. The quantitative estimate of drug-likeness (QED) is 0.681. The Hall–Kier alpha value is -3.44. The van der Waals surface area contributed by atoms with Crippen molar-refractivity contribution < 1.29 is 18.7 Å². The fraction of sp³-hybridized carbons (Fsp3) is 0.227. The average Bonchev–Trinajstić information content (AvgIpc) is 3.17. The molecule has 0 fully saturated rings. The summed E-state index contributed by atoms with van der Waals surface area (Å²) in [5.74, 6) is -0.258. The Labute approximate surface area is 178 Å². The molecule has 7 nitrogen and oxygen atoms in total. The summed E-state index contributed by atoms with van der Waals surface area (Å²) >= 11 is 1.15. The number of carbonyl (C=O) groups is 2. The van der Waals surface area contributed by atoms with Gasteiger partial charge in [0.2, 0.25) is 0 Å². The minimum Gasteiger partial charge on any atom is -0.468 e. The fourth-order valence-corrected chi connectivity index (χ4v) is 4.05. The Morgan fingerprint density at radius 1 is 1.23 bits per heavy atom. The standard InChI is InChI=1S/C22H21N3O4S/c1-13-9-10-17(29-13)20-16(11-23)22(30-12-18(26)28-3)24-14(2)19(20)21(27)25-15-7-5-4-6-8-15/h4-10,20,24H,12H2,1-3H3,(H,25,27). The summed E-state index contributed by atoms with van der Waals surface area (Å²) in [5.41, 5.74) is 1.91. The van der Waals surface area contributed by atoms with Crippen molar-refractivity contribution in [2.24, 2.45) is 0 Å². The molecule has 1 aromatic carbocycles. The maximum Gasteiger partial charge on any atom is 0.316 e. The molecule has 1 unspecified atom stereocenters. The number of hydrogen-bond acceptors (Lipinski definition) is 7. The number of furan rings is 1. The molecule has 1 atom stereocenters. The maximum atomic E-state index is 13.2. The number of para-hydroxylation sites is 1. The molecule has 0 spiro atoms. The number of hydrogen-bond donors (Lipinski definition) is 2. The molecule has 1 aliphatic heterocycles. The Morgan fingerprint density at radius 2 is 1.97 bits per heavy atom. The molecule has 1 amide bonds. The number of ether oxygens (including phenoxy) is 1. The molecule has 0 bridgehead atoms. The van der Waals surface area contributed by atoms with Crippen LogP contribution in [0.2, 0.25) is 0 Å². The topological polar surface area (TPSA) is 104 Å². The molecule has 1 aromatic heterocycles. The zero-order valence-corrected chi connectivity index (χ0v) is 17.6. The van der Waals surface area contributed by atoms with Crippen molar-refractivity contribution in [3.8, 4) is 6.07 Å². The van der Waals surface area contributed by atoms with Gasteiger partial charge in [-0.15, -0.1) is 0 Å². The number of nitriles is 1. The van der Waals surface area contributed by atoms with E-state index in [0.717, 1.165) is 11.8 Å². The first-order valence-corrected chi connectivity index (χ1v) is 10.2. The van der Waals surface area contributed by atoms with E-state index in [2.05, 4.69) is 21.4 Å². The Bertz CT molecular complexity index is 1060. The number of esters is 1. The summed E-state index contributed by atoms with van der Waals surface area (Å²) in [6.45, 7) is 3.56. The molecule has 0 saturated heterocycles. The normalized spacial score (nSPS) is 16.0. The summed E-state index contributed by atoms with van der Waals surface area (Å²) in [6.07, 6.45) is 0. The van der Waals surface area contributed by atoms with Crippen molar-refractivity contribution >= 4 is 29.3 Å². The molecule has 8 heteroatoms. The number of benzene rings is 1. The number of rotatable bonds is 6. The molecule has 0 saturated carbocycles. The summed E-state index contributed by atoms with van der Waals surface area (Å²) in [5, 5.41) is 16.4. The highest BCUT2D eigenvalue weighted by molar-refractivity contribution is 8.03. The highest BCUT2D eigenvalue weighted by atomic mass is 32.2. The molecule has 3 rings (SSSR count). The van der Waals surface area contributed by atoms with Crippen molar-refractivity contribution in [1.82, 2.24) is 5.32 Å². The highest BCUT2D eigenvalue weighted by Gasteiger charge is 2.36. The van der Waals surface area contributed by atoms with Crippen LogP contribution < -0.4 is 10.6 Å². The van der Waals surface area contributed by atoms with Crippen molar-refractivity contribution in [3.63, 3.8) is 0 Å². The first kappa shape index (κ1) is 21.3. The van der Waals surface area contributed by atoms with Gasteiger partial charge in [0, 0.05) is 11.4 Å². The number of anilines is 1. The van der Waals surface area contributed by atoms with Crippen molar-refractivity contribution in [1.29, 1.82) is 5.26 Å². The van der Waals surface area contributed by atoms with Crippen molar-refractivity contribution in [2.45, 2.75) is 19.8 Å². The van der Waals surface area contributed by atoms with Gasteiger partial charge < -0.3 is 19.8 Å². The van der Waals surface area contributed by atoms with E-state index >= 15 is 0 Å². The van der Waals surface area contributed by atoms with Crippen LogP contribution in [0.1, 0.15) is 24.4 Å². The zero-order valence-electron chi connectivity index (χ0n) is 16.8. The number of amides is 1. The van der Waals surface area contributed by atoms with E-state index in [1.807, 2.05) is 18.2 Å². The minimum atomic E-state index is -0.700. The second-order valence-electron chi connectivity index (χ2n) is 6.58. The first-order chi connectivity index (χ1) is 14.4. The summed E-state index contributed by atoms with van der Waals surface area (Å²) in [7, 11) is 1.31. The fourth-order valence-electron chi connectivity index (χ4n) is 3.13. The van der Waals surface area contributed by atoms with Crippen LogP contribution >= 0.6 is 11.8 Å². The molecule has 2 aromatic rings. The van der Waals surface area contributed by atoms with Crippen LogP contribution in [-0.2, 0) is 14.3 Å². The SMILES string of the molecule is COC(=O)CSC1=C(C#N)C(c2ccc(C)o2)C(C(=O)Nc2ccccc2)=C(C)N1. The lowest BCUT2D eigenvalue weighted by atomic mass is 9.85. The zero-order chi connectivity index (χ0) is 21.7. The van der Waals surface area contributed by atoms with E-state index < -0.39 is 11.9 Å². The molecule has 2 N–H and O–H groups in total. The van der Waals surface area contributed by atoms with Crippen LogP contribution in [0.3, 0.4) is 0 Å². The monoisotopic (exact) mass is 423 g/mol. The van der Waals surface area contributed by atoms with Crippen LogP contribution in [0.4, 0.5) is 5.69 Å². The molecular formula is C22H21N3O4S. The number of carbonyl (C=O) groups excluding carboxylic acids is 2. The largest absolute Gasteiger partial charge is 0.468 e. The van der Waals surface area contributed by atoms with E-state index in [9.17, 15) is 14.9 Å². The second-order valence-corrected chi connectivity index (χ2v) is 7.57. The minimum absolute atomic E-state index is 0.0345.